The predicted molar refractivity (Wildman–Crippen MR) is 72.2 cm³/mol. The third kappa shape index (κ3) is 4.84. The van der Waals surface area contributed by atoms with Crippen LogP contribution in [0.1, 0.15) is 25.8 Å². The van der Waals surface area contributed by atoms with E-state index in [9.17, 15) is 4.21 Å². The smallest absolute Gasteiger partial charge is 0.0772 e. The van der Waals surface area contributed by atoms with Crippen LogP contribution in [0.4, 0.5) is 0 Å². The second-order valence-corrected chi connectivity index (χ2v) is 6.21. The minimum atomic E-state index is -1.10. The van der Waals surface area contributed by atoms with Crippen LogP contribution in [0.3, 0.4) is 0 Å². The summed E-state index contributed by atoms with van der Waals surface area (Å²) in [6, 6.07) is 7.68. The van der Waals surface area contributed by atoms with Gasteiger partial charge in [-0.3, -0.25) is 0 Å². The maximum Gasteiger partial charge on any atom is 0.0772 e. The van der Waals surface area contributed by atoms with Crippen LogP contribution in [-0.2, 0) is 10.8 Å². The summed E-state index contributed by atoms with van der Waals surface area (Å²) in [5.74, 6) is 0. The third-order valence-electron chi connectivity index (χ3n) is 2.65. The average Bonchev–Trinajstić information content (AvgIpc) is 2.27. The highest BCUT2D eigenvalue weighted by atomic mass is 32.2. The SMILES string of the molecule is Cc1ccc([S@](=O)/C=C/C(C)(C)CCO)cc1. The average molecular weight is 252 g/mol. The summed E-state index contributed by atoms with van der Waals surface area (Å²) in [5.41, 5.74) is 1.05. The fourth-order valence-electron chi connectivity index (χ4n) is 1.37. The van der Waals surface area contributed by atoms with E-state index >= 15 is 0 Å². The Labute approximate surface area is 106 Å². The summed E-state index contributed by atoms with van der Waals surface area (Å²) in [5, 5.41) is 10.6. The van der Waals surface area contributed by atoms with E-state index in [-0.39, 0.29) is 12.0 Å². The normalized spacial score (nSPS) is 14.1. The molecule has 0 saturated carbocycles. The summed E-state index contributed by atoms with van der Waals surface area (Å²) in [6.45, 7) is 6.19. The molecule has 0 bridgehead atoms. The van der Waals surface area contributed by atoms with E-state index in [0.717, 1.165) is 10.5 Å². The Bertz CT molecular complexity index is 405. The van der Waals surface area contributed by atoms with Crippen molar-refractivity contribution in [2.24, 2.45) is 5.41 Å². The second kappa shape index (κ2) is 6.12. The van der Waals surface area contributed by atoms with Gasteiger partial charge in [-0.05, 0) is 30.9 Å². The summed E-state index contributed by atoms with van der Waals surface area (Å²) >= 11 is 0. The van der Waals surface area contributed by atoms with E-state index in [0.29, 0.717) is 6.42 Å². The summed E-state index contributed by atoms with van der Waals surface area (Å²) in [4.78, 5) is 0.812. The van der Waals surface area contributed by atoms with Crippen LogP contribution in [0.25, 0.3) is 0 Å². The van der Waals surface area contributed by atoms with Gasteiger partial charge in [-0.25, -0.2) is 4.21 Å². The van der Waals surface area contributed by atoms with E-state index in [1.165, 1.54) is 0 Å². The van der Waals surface area contributed by atoms with Gasteiger partial charge in [-0.1, -0.05) is 37.6 Å². The van der Waals surface area contributed by atoms with E-state index in [1.54, 1.807) is 5.41 Å². The van der Waals surface area contributed by atoms with Crippen LogP contribution in [-0.4, -0.2) is 15.9 Å². The van der Waals surface area contributed by atoms with Crippen molar-refractivity contribution in [2.75, 3.05) is 6.61 Å². The molecule has 0 unspecified atom stereocenters. The van der Waals surface area contributed by atoms with Crippen molar-refractivity contribution in [1.82, 2.24) is 0 Å². The van der Waals surface area contributed by atoms with Gasteiger partial charge in [0.1, 0.15) is 0 Å². The Morgan fingerprint density at radius 2 is 1.88 bits per heavy atom. The molecule has 1 aromatic rings. The summed E-state index contributed by atoms with van der Waals surface area (Å²) in [6.07, 6.45) is 2.59. The van der Waals surface area contributed by atoms with Crippen LogP contribution < -0.4 is 0 Å². The zero-order valence-corrected chi connectivity index (χ0v) is 11.5. The van der Waals surface area contributed by atoms with Crippen molar-refractivity contribution >= 4 is 10.8 Å². The monoisotopic (exact) mass is 252 g/mol. The van der Waals surface area contributed by atoms with Gasteiger partial charge in [-0.15, -0.1) is 0 Å². The van der Waals surface area contributed by atoms with Crippen molar-refractivity contribution in [3.63, 3.8) is 0 Å². The fraction of sp³-hybridized carbons (Fsp3) is 0.429. The van der Waals surface area contributed by atoms with Gasteiger partial charge >= 0.3 is 0 Å². The molecule has 0 aliphatic carbocycles. The number of aryl methyl sites for hydroxylation is 1. The molecule has 1 rings (SSSR count). The molecule has 3 heteroatoms. The first-order valence-corrected chi connectivity index (χ1v) is 6.93. The zero-order chi connectivity index (χ0) is 12.9. The highest BCUT2D eigenvalue weighted by Gasteiger charge is 2.13. The maximum absolute atomic E-state index is 12.0. The topological polar surface area (TPSA) is 37.3 Å². The van der Waals surface area contributed by atoms with Gasteiger partial charge in [0, 0.05) is 16.9 Å². The van der Waals surface area contributed by atoms with Crippen molar-refractivity contribution in [2.45, 2.75) is 32.1 Å². The molecule has 17 heavy (non-hydrogen) atoms. The maximum atomic E-state index is 12.0. The molecular weight excluding hydrogens is 232 g/mol. The molecule has 0 aromatic heterocycles. The predicted octanol–water partition coefficient (Wildman–Crippen LogP) is 3.02. The van der Waals surface area contributed by atoms with Gasteiger partial charge in [0.2, 0.25) is 0 Å². The Morgan fingerprint density at radius 1 is 1.29 bits per heavy atom. The lowest BCUT2D eigenvalue weighted by Crippen LogP contribution is -2.09. The van der Waals surface area contributed by atoms with Crippen molar-refractivity contribution in [3.05, 3.63) is 41.3 Å². The molecule has 0 spiro atoms. The Morgan fingerprint density at radius 3 is 2.41 bits per heavy atom. The molecule has 2 nitrogen and oxygen atoms in total. The first-order valence-electron chi connectivity index (χ1n) is 5.72. The van der Waals surface area contributed by atoms with Gasteiger partial charge in [0.15, 0.2) is 0 Å². The van der Waals surface area contributed by atoms with Crippen LogP contribution in [0.5, 0.6) is 0 Å². The van der Waals surface area contributed by atoms with Gasteiger partial charge < -0.3 is 5.11 Å². The lowest BCUT2D eigenvalue weighted by Gasteiger charge is -2.17. The second-order valence-electron chi connectivity index (χ2n) is 4.88. The standard InChI is InChI=1S/C14H20O2S/c1-12-4-6-13(7-5-12)17(16)11-9-14(2,3)8-10-15/h4-7,9,11,15H,8,10H2,1-3H3/b11-9+/t17-/m1/s1. The van der Waals surface area contributed by atoms with Crippen LogP contribution >= 0.6 is 0 Å². The highest BCUT2D eigenvalue weighted by Crippen LogP contribution is 2.22. The molecule has 1 N–H and O–H groups in total. The molecule has 94 valence electrons. The van der Waals surface area contributed by atoms with Crippen molar-refractivity contribution in [3.8, 4) is 0 Å². The minimum absolute atomic E-state index is 0.116. The number of allylic oxidation sites excluding steroid dienone is 1. The molecule has 0 aliphatic rings. The van der Waals surface area contributed by atoms with E-state index in [2.05, 4.69) is 0 Å². The van der Waals surface area contributed by atoms with E-state index in [4.69, 9.17) is 5.11 Å². The molecule has 0 radical (unpaired) electrons. The number of hydrogen-bond acceptors (Lipinski definition) is 2. The minimum Gasteiger partial charge on any atom is -0.396 e. The zero-order valence-electron chi connectivity index (χ0n) is 10.6. The van der Waals surface area contributed by atoms with Gasteiger partial charge in [0.25, 0.3) is 0 Å². The molecule has 0 amide bonds. The first-order chi connectivity index (χ1) is 7.94. The van der Waals surface area contributed by atoms with E-state index < -0.39 is 10.8 Å². The number of aliphatic hydroxyl groups excluding tert-OH is 1. The lowest BCUT2D eigenvalue weighted by molar-refractivity contribution is 0.241. The van der Waals surface area contributed by atoms with Crippen molar-refractivity contribution < 1.29 is 9.32 Å². The molecule has 1 aromatic carbocycles. The van der Waals surface area contributed by atoms with Gasteiger partial charge in [0.05, 0.1) is 10.8 Å². The van der Waals surface area contributed by atoms with Crippen LogP contribution in [0.15, 0.2) is 40.6 Å². The lowest BCUT2D eigenvalue weighted by atomic mass is 9.90. The quantitative estimate of drug-likeness (QED) is 0.874. The van der Waals surface area contributed by atoms with Crippen LogP contribution in [0.2, 0.25) is 0 Å². The molecular formula is C14H20O2S. The molecule has 1 atom stereocenters. The Balaban J connectivity index is 2.72. The molecule has 0 aliphatic heterocycles. The number of hydrogen-bond donors (Lipinski definition) is 1. The number of aliphatic hydroxyl groups is 1. The first kappa shape index (κ1) is 14.1. The Hall–Kier alpha value is -0.930. The molecule has 0 saturated heterocycles. The van der Waals surface area contributed by atoms with Crippen LogP contribution in [0, 0.1) is 12.3 Å². The fourth-order valence-corrected chi connectivity index (χ4v) is 2.42. The highest BCUT2D eigenvalue weighted by molar-refractivity contribution is 7.88. The van der Waals surface area contributed by atoms with E-state index in [1.807, 2.05) is 51.1 Å². The number of benzene rings is 1. The third-order valence-corrected chi connectivity index (χ3v) is 3.77. The summed E-state index contributed by atoms with van der Waals surface area (Å²) < 4.78 is 12.0. The van der Waals surface area contributed by atoms with Crippen molar-refractivity contribution in [1.29, 1.82) is 0 Å². The summed E-state index contributed by atoms with van der Waals surface area (Å²) in [7, 11) is -1.10. The molecule has 0 heterocycles. The largest absolute Gasteiger partial charge is 0.396 e. The molecule has 0 fully saturated rings. The number of rotatable bonds is 5. The Kier molecular flexibility index (Phi) is 5.09. The van der Waals surface area contributed by atoms with Gasteiger partial charge in [-0.2, -0.15) is 0 Å².